The number of benzene rings is 1. The molecule has 2 heterocycles. The maximum atomic E-state index is 12.0. The minimum atomic E-state index is -0.618. The Morgan fingerprint density at radius 3 is 2.61 bits per heavy atom. The summed E-state index contributed by atoms with van der Waals surface area (Å²) in [5.74, 6) is -0.0577. The third-order valence-electron chi connectivity index (χ3n) is 4.25. The Kier molecular flexibility index (Phi) is 5.48. The third kappa shape index (κ3) is 4.05. The second kappa shape index (κ2) is 7.99. The van der Waals surface area contributed by atoms with Crippen molar-refractivity contribution in [3.05, 3.63) is 57.2 Å². The highest BCUT2D eigenvalue weighted by Crippen LogP contribution is 2.22. The first-order valence-corrected chi connectivity index (χ1v) is 8.65. The molecule has 0 aliphatic carbocycles. The highest BCUT2D eigenvalue weighted by Gasteiger charge is 2.23. The molecule has 0 saturated heterocycles. The van der Waals surface area contributed by atoms with Crippen LogP contribution in [0.25, 0.3) is 11.4 Å². The van der Waals surface area contributed by atoms with Crippen LogP contribution >= 0.6 is 0 Å². The lowest BCUT2D eigenvalue weighted by atomic mass is 10.1. The number of hydrogen-bond acceptors (Lipinski definition) is 8. The number of carbonyl (C=O) groups excluding carboxylic acids is 1. The predicted octanol–water partition coefficient (Wildman–Crippen LogP) is 2.76. The van der Waals surface area contributed by atoms with E-state index < -0.39 is 10.9 Å². The maximum Gasteiger partial charge on any atom is 0.328 e. The molecule has 146 valence electrons. The van der Waals surface area contributed by atoms with Crippen molar-refractivity contribution < 1.29 is 19.0 Å². The molecule has 0 radical (unpaired) electrons. The van der Waals surface area contributed by atoms with Crippen LogP contribution in [0.4, 0.5) is 5.69 Å². The highest BCUT2D eigenvalue weighted by atomic mass is 16.6. The second-order valence-electron chi connectivity index (χ2n) is 6.16. The first-order valence-electron chi connectivity index (χ1n) is 8.65. The first-order chi connectivity index (χ1) is 13.4. The monoisotopic (exact) mass is 385 g/mol. The summed E-state index contributed by atoms with van der Waals surface area (Å²) in [6.07, 6.45) is 0.937. The molecule has 2 aromatic heterocycles. The van der Waals surface area contributed by atoms with Gasteiger partial charge in [0, 0.05) is 5.56 Å². The summed E-state index contributed by atoms with van der Waals surface area (Å²) in [6, 6.07) is 7.77. The summed E-state index contributed by atoms with van der Waals surface area (Å²) in [4.78, 5) is 26.7. The van der Waals surface area contributed by atoms with Crippen LogP contribution in [0.1, 0.15) is 29.8 Å². The van der Waals surface area contributed by atoms with E-state index in [-0.39, 0.29) is 36.1 Å². The van der Waals surface area contributed by atoms with E-state index in [1.165, 1.54) is 24.1 Å². The molecule has 0 amide bonds. The van der Waals surface area contributed by atoms with E-state index in [4.69, 9.17) is 9.26 Å². The van der Waals surface area contributed by atoms with Crippen LogP contribution in [0.3, 0.4) is 0 Å². The summed E-state index contributed by atoms with van der Waals surface area (Å²) in [5, 5.41) is 18.9. The zero-order valence-electron chi connectivity index (χ0n) is 15.7. The van der Waals surface area contributed by atoms with Crippen LogP contribution in [-0.4, -0.2) is 30.8 Å². The van der Waals surface area contributed by atoms with E-state index in [2.05, 4.69) is 22.2 Å². The molecule has 28 heavy (non-hydrogen) atoms. The number of nitrogens with zero attached hydrogens (tertiary/aromatic N) is 5. The van der Waals surface area contributed by atoms with E-state index in [1.54, 1.807) is 0 Å². The van der Waals surface area contributed by atoms with Gasteiger partial charge in [-0.3, -0.25) is 19.6 Å². The molecule has 0 unspecified atom stereocenters. The van der Waals surface area contributed by atoms with Gasteiger partial charge in [0.05, 0.1) is 4.92 Å². The van der Waals surface area contributed by atoms with Crippen LogP contribution in [0.5, 0.6) is 0 Å². The summed E-state index contributed by atoms with van der Waals surface area (Å²) < 4.78 is 11.5. The van der Waals surface area contributed by atoms with Crippen LogP contribution in [0, 0.1) is 24.0 Å². The van der Waals surface area contributed by atoms with Crippen molar-refractivity contribution in [2.75, 3.05) is 0 Å². The van der Waals surface area contributed by atoms with Gasteiger partial charge in [-0.2, -0.15) is 10.1 Å². The Morgan fingerprint density at radius 1 is 1.29 bits per heavy atom. The average molecular weight is 385 g/mol. The van der Waals surface area contributed by atoms with E-state index >= 15 is 0 Å². The van der Waals surface area contributed by atoms with E-state index in [0.29, 0.717) is 5.82 Å². The van der Waals surface area contributed by atoms with Crippen molar-refractivity contribution in [1.29, 1.82) is 0 Å². The van der Waals surface area contributed by atoms with Crippen molar-refractivity contribution in [3.63, 3.8) is 0 Å². The van der Waals surface area contributed by atoms with Crippen LogP contribution < -0.4 is 0 Å². The van der Waals surface area contributed by atoms with Crippen molar-refractivity contribution in [1.82, 2.24) is 19.9 Å². The molecule has 0 atom stereocenters. The van der Waals surface area contributed by atoms with Gasteiger partial charge in [0.1, 0.15) is 17.9 Å². The van der Waals surface area contributed by atoms with Crippen molar-refractivity contribution in [2.24, 2.45) is 0 Å². The normalized spacial score (nSPS) is 10.8. The molecule has 0 aliphatic rings. The predicted molar refractivity (Wildman–Crippen MR) is 97.3 cm³/mol. The lowest BCUT2D eigenvalue weighted by molar-refractivity contribution is -0.386. The molecule has 0 spiro atoms. The Labute approximate surface area is 160 Å². The van der Waals surface area contributed by atoms with Crippen LogP contribution in [-0.2, 0) is 29.1 Å². The van der Waals surface area contributed by atoms with E-state index in [1.807, 2.05) is 24.3 Å². The molecule has 3 aromatic rings. The van der Waals surface area contributed by atoms with Gasteiger partial charge in [-0.15, -0.1) is 0 Å². The highest BCUT2D eigenvalue weighted by molar-refractivity contribution is 5.69. The number of aromatic nitrogens is 4. The van der Waals surface area contributed by atoms with Gasteiger partial charge < -0.3 is 9.26 Å². The second-order valence-corrected chi connectivity index (χ2v) is 6.16. The molecule has 0 saturated carbocycles. The lowest BCUT2D eigenvalue weighted by Gasteiger charge is -2.03. The minimum Gasteiger partial charge on any atom is -0.454 e. The summed E-state index contributed by atoms with van der Waals surface area (Å²) in [5.41, 5.74) is 2.42. The van der Waals surface area contributed by atoms with Crippen molar-refractivity contribution in [3.8, 4) is 11.4 Å². The van der Waals surface area contributed by atoms with Gasteiger partial charge >= 0.3 is 11.7 Å². The molecule has 10 nitrogen and oxygen atoms in total. The number of aryl methyl sites for hydroxylation is 2. The molecular formula is C18H19N5O5. The largest absolute Gasteiger partial charge is 0.454 e. The van der Waals surface area contributed by atoms with Gasteiger partial charge in [-0.25, -0.2) is 0 Å². The number of hydrogen-bond donors (Lipinski definition) is 0. The SMILES string of the molecule is CCc1ccc(-c2noc(COC(=O)Cn3nc(C)c([N+](=O)[O-])c3C)n2)cc1. The summed E-state index contributed by atoms with van der Waals surface area (Å²) in [6.45, 7) is 4.67. The maximum absolute atomic E-state index is 12.0. The quantitative estimate of drug-likeness (QED) is 0.345. The number of rotatable bonds is 7. The molecule has 0 N–H and O–H groups in total. The fourth-order valence-electron chi connectivity index (χ4n) is 2.74. The van der Waals surface area contributed by atoms with E-state index in [0.717, 1.165) is 12.0 Å². The fraction of sp³-hybridized carbons (Fsp3) is 0.333. The Bertz CT molecular complexity index is 1010. The van der Waals surface area contributed by atoms with Gasteiger partial charge in [-0.05, 0) is 25.8 Å². The first kappa shape index (κ1) is 19.2. The number of esters is 1. The minimum absolute atomic E-state index is 0.108. The molecule has 0 bridgehead atoms. The molecule has 1 aromatic carbocycles. The number of ether oxygens (including phenoxy) is 1. The molecular weight excluding hydrogens is 366 g/mol. The van der Waals surface area contributed by atoms with Gasteiger partial charge in [0.25, 0.3) is 5.89 Å². The van der Waals surface area contributed by atoms with Gasteiger partial charge in [-0.1, -0.05) is 36.3 Å². The Morgan fingerprint density at radius 2 is 2.00 bits per heavy atom. The van der Waals surface area contributed by atoms with Gasteiger partial charge in [0.15, 0.2) is 6.61 Å². The lowest BCUT2D eigenvalue weighted by Crippen LogP contribution is -2.15. The smallest absolute Gasteiger partial charge is 0.328 e. The third-order valence-corrected chi connectivity index (χ3v) is 4.25. The molecule has 0 fully saturated rings. The van der Waals surface area contributed by atoms with Gasteiger partial charge in [0.2, 0.25) is 5.82 Å². The topological polar surface area (TPSA) is 126 Å². The van der Waals surface area contributed by atoms with Crippen molar-refractivity contribution in [2.45, 2.75) is 40.3 Å². The zero-order chi connectivity index (χ0) is 20.3. The summed E-state index contributed by atoms with van der Waals surface area (Å²) >= 11 is 0. The van der Waals surface area contributed by atoms with Crippen LogP contribution in [0.15, 0.2) is 28.8 Å². The standard InChI is InChI=1S/C18H19N5O5/c1-4-13-5-7-14(8-6-13)18-19-15(28-21-18)10-27-16(24)9-22-12(3)17(23(25)26)11(2)20-22/h5-8H,4,9-10H2,1-3H3. The Balaban J connectivity index is 1.60. The molecule has 10 heteroatoms. The molecule has 3 rings (SSSR count). The summed E-state index contributed by atoms with van der Waals surface area (Å²) in [7, 11) is 0. The fourth-order valence-corrected chi connectivity index (χ4v) is 2.74. The Hall–Kier alpha value is -3.56. The van der Waals surface area contributed by atoms with Crippen molar-refractivity contribution >= 4 is 11.7 Å². The van der Waals surface area contributed by atoms with E-state index in [9.17, 15) is 14.9 Å². The molecule has 0 aliphatic heterocycles. The zero-order valence-corrected chi connectivity index (χ0v) is 15.7. The number of carbonyl (C=O) groups is 1. The number of nitro groups is 1. The average Bonchev–Trinajstić information content (AvgIpc) is 3.24. The van der Waals surface area contributed by atoms with Crippen LogP contribution in [0.2, 0.25) is 0 Å².